The summed E-state index contributed by atoms with van der Waals surface area (Å²) in [5.41, 5.74) is 9.47. The maximum atomic E-state index is 5.10. The standard InChI is InChI=1S/C40H51N3.C6H10.C5H11NO/c1-7-10-16-33-19-22-36(23-20-33)41-31(6)40(25-14-15-26-40)42-29(4)35-21-24-37-38(27-35)43(28-32(8-2)9-3)30(5)39(37)34-17-12-11-13-18-34;1-3-5-6-4-2;1-6-2-4-7-5-3-6/h7-8,10,16,19-24,27,32,34,41-42H,1-2,4,6,9,11-15,17-18,25-26,28H2,3,5H3;3-6H,1-2H3;2-5H2,1H3/b16-10+;5-3-,6-4-;. The van der Waals surface area contributed by atoms with Gasteiger partial charge in [-0.2, -0.15) is 0 Å². The Bertz CT molecular complexity index is 1780. The first-order valence-corrected chi connectivity index (χ1v) is 21.3. The second kappa shape index (κ2) is 23.0. The zero-order chi connectivity index (χ0) is 40.3. The topological polar surface area (TPSA) is 41.5 Å². The van der Waals surface area contributed by atoms with Crippen molar-refractivity contribution in [1.29, 1.82) is 0 Å². The van der Waals surface area contributed by atoms with Gasteiger partial charge < -0.3 is 24.8 Å². The minimum absolute atomic E-state index is 0.227. The summed E-state index contributed by atoms with van der Waals surface area (Å²) >= 11 is 0. The Morgan fingerprint density at radius 2 is 1.57 bits per heavy atom. The van der Waals surface area contributed by atoms with E-state index in [2.05, 4.69) is 122 Å². The lowest BCUT2D eigenvalue weighted by atomic mass is 9.82. The maximum absolute atomic E-state index is 5.10. The second-order valence-corrected chi connectivity index (χ2v) is 15.8. The maximum Gasteiger partial charge on any atom is 0.0767 e. The summed E-state index contributed by atoms with van der Waals surface area (Å²) in [7, 11) is 2.11. The summed E-state index contributed by atoms with van der Waals surface area (Å²) < 4.78 is 7.67. The third kappa shape index (κ3) is 12.3. The van der Waals surface area contributed by atoms with Gasteiger partial charge in [0.25, 0.3) is 0 Å². The number of fused-ring (bicyclic) bond motifs is 1. The predicted molar refractivity (Wildman–Crippen MR) is 246 cm³/mol. The number of benzene rings is 2. The first kappa shape index (κ1) is 44.4. The number of morpholine rings is 1. The van der Waals surface area contributed by atoms with Gasteiger partial charge in [0, 0.05) is 53.3 Å². The highest BCUT2D eigenvalue weighted by molar-refractivity contribution is 5.89. The van der Waals surface area contributed by atoms with Crippen LogP contribution in [-0.2, 0) is 11.3 Å². The summed E-state index contributed by atoms with van der Waals surface area (Å²) in [6.07, 6.45) is 28.2. The molecular weight excluding hydrogens is 685 g/mol. The number of hydrogen-bond donors (Lipinski definition) is 2. The zero-order valence-corrected chi connectivity index (χ0v) is 35.6. The number of hydrogen-bond acceptors (Lipinski definition) is 4. The van der Waals surface area contributed by atoms with Gasteiger partial charge in [0.1, 0.15) is 0 Å². The van der Waals surface area contributed by atoms with Gasteiger partial charge >= 0.3 is 0 Å². The molecule has 5 heteroatoms. The second-order valence-electron chi connectivity index (χ2n) is 15.8. The van der Waals surface area contributed by atoms with Gasteiger partial charge in [-0.25, -0.2) is 0 Å². The number of anilines is 1. The average Bonchev–Trinajstić information content (AvgIpc) is 3.81. The molecule has 0 amide bonds. The molecule has 0 bridgehead atoms. The van der Waals surface area contributed by atoms with E-state index in [1.54, 1.807) is 11.6 Å². The van der Waals surface area contributed by atoms with Gasteiger partial charge in [0.15, 0.2) is 0 Å². The van der Waals surface area contributed by atoms with E-state index in [1.165, 1.54) is 61.5 Å². The first-order valence-electron chi connectivity index (χ1n) is 21.3. The molecule has 5 nitrogen and oxygen atoms in total. The van der Waals surface area contributed by atoms with E-state index in [9.17, 15) is 0 Å². The monoisotopic (exact) mass is 757 g/mol. The van der Waals surface area contributed by atoms with Crippen LogP contribution in [0.2, 0.25) is 0 Å². The Balaban J connectivity index is 0.000000455. The van der Waals surface area contributed by atoms with Crippen molar-refractivity contribution < 1.29 is 4.74 Å². The van der Waals surface area contributed by atoms with Crippen molar-refractivity contribution in [2.45, 2.75) is 110 Å². The van der Waals surface area contributed by atoms with Gasteiger partial charge in [0.2, 0.25) is 0 Å². The largest absolute Gasteiger partial charge is 0.379 e. The van der Waals surface area contributed by atoms with E-state index >= 15 is 0 Å². The lowest BCUT2D eigenvalue weighted by Crippen LogP contribution is -2.45. The Hall–Kier alpha value is -4.32. The Kier molecular flexibility index (Phi) is 18.3. The van der Waals surface area contributed by atoms with E-state index in [0.717, 1.165) is 80.3 Å². The van der Waals surface area contributed by atoms with Crippen LogP contribution in [0, 0.1) is 12.8 Å². The van der Waals surface area contributed by atoms with Crippen LogP contribution in [0.25, 0.3) is 22.7 Å². The van der Waals surface area contributed by atoms with Gasteiger partial charge in [-0.1, -0.05) is 132 Å². The van der Waals surface area contributed by atoms with E-state index in [1.807, 2.05) is 44.2 Å². The summed E-state index contributed by atoms with van der Waals surface area (Å²) in [6, 6.07) is 15.5. The van der Waals surface area contributed by atoms with Crippen LogP contribution in [0.5, 0.6) is 0 Å². The van der Waals surface area contributed by atoms with Crippen LogP contribution in [0.1, 0.15) is 113 Å². The molecule has 2 heterocycles. The predicted octanol–water partition coefficient (Wildman–Crippen LogP) is 13.0. The van der Waals surface area contributed by atoms with Crippen LogP contribution in [0.4, 0.5) is 5.69 Å². The Labute approximate surface area is 340 Å². The highest BCUT2D eigenvalue weighted by Gasteiger charge is 2.37. The number of nitrogens with zero attached hydrogens (tertiary/aromatic N) is 2. The molecule has 2 aliphatic carbocycles. The quantitative estimate of drug-likeness (QED) is 0.127. The van der Waals surface area contributed by atoms with Gasteiger partial charge in [0.05, 0.1) is 18.8 Å². The van der Waals surface area contributed by atoms with Crippen molar-refractivity contribution in [3.05, 3.63) is 139 Å². The van der Waals surface area contributed by atoms with Crippen molar-refractivity contribution in [2.75, 3.05) is 38.7 Å². The number of nitrogens with one attached hydrogen (secondary N) is 2. The lowest BCUT2D eigenvalue weighted by molar-refractivity contribution is 0.0503. The van der Waals surface area contributed by atoms with E-state index in [0.29, 0.717) is 11.8 Å². The van der Waals surface area contributed by atoms with Crippen LogP contribution >= 0.6 is 0 Å². The molecule has 3 aliphatic rings. The molecule has 1 saturated heterocycles. The third-order valence-corrected chi connectivity index (χ3v) is 11.8. The minimum atomic E-state index is -0.227. The molecule has 2 N–H and O–H groups in total. The molecular formula is C51H72N4O. The van der Waals surface area contributed by atoms with Crippen LogP contribution in [0.3, 0.4) is 0 Å². The summed E-state index contributed by atoms with van der Waals surface area (Å²) in [6.45, 7) is 30.7. The number of likely N-dealkylation sites (N-methyl/N-ethyl adjacent to an activating group) is 1. The van der Waals surface area contributed by atoms with E-state index < -0.39 is 0 Å². The van der Waals surface area contributed by atoms with Crippen molar-refractivity contribution >= 4 is 28.4 Å². The SMILES string of the molecule is C/C=C\C=C/C.C=C/C=C/c1ccc(NC(=C)C2(NC(=C)c3ccc4c(C5CCCCC5)c(C)n(CC(C=C)CC)c4c3)CCCC2)cc1.CN1CCOCC1. The molecule has 1 aromatic heterocycles. The lowest BCUT2D eigenvalue weighted by Gasteiger charge is -2.35. The van der Waals surface area contributed by atoms with Gasteiger partial charge in [-0.15, -0.1) is 6.58 Å². The van der Waals surface area contributed by atoms with Crippen molar-refractivity contribution in [3.63, 3.8) is 0 Å². The highest BCUT2D eigenvalue weighted by atomic mass is 16.5. The number of rotatable bonds is 14. The molecule has 1 aliphatic heterocycles. The van der Waals surface area contributed by atoms with Crippen LogP contribution in [0.15, 0.2) is 117 Å². The normalized spacial score (nSPS) is 17.9. The van der Waals surface area contributed by atoms with Crippen LogP contribution < -0.4 is 10.6 Å². The zero-order valence-electron chi connectivity index (χ0n) is 35.6. The summed E-state index contributed by atoms with van der Waals surface area (Å²) in [5, 5.41) is 8.95. The fraction of sp³-hybridized carbons (Fsp3) is 0.451. The third-order valence-electron chi connectivity index (χ3n) is 11.8. The number of aromatic nitrogens is 1. The molecule has 2 saturated carbocycles. The summed E-state index contributed by atoms with van der Waals surface area (Å²) in [4.78, 5) is 2.27. The molecule has 1 unspecified atom stereocenters. The highest BCUT2D eigenvalue weighted by Crippen LogP contribution is 2.42. The minimum Gasteiger partial charge on any atom is -0.379 e. The van der Waals surface area contributed by atoms with E-state index in [4.69, 9.17) is 4.74 Å². The summed E-state index contributed by atoms with van der Waals surface area (Å²) in [5.74, 6) is 1.12. The Morgan fingerprint density at radius 1 is 0.911 bits per heavy atom. The molecule has 3 fully saturated rings. The smallest absolute Gasteiger partial charge is 0.0767 e. The number of allylic oxidation sites excluding steroid dienone is 7. The fourth-order valence-corrected chi connectivity index (χ4v) is 8.31. The van der Waals surface area contributed by atoms with Crippen molar-refractivity contribution in [3.8, 4) is 0 Å². The molecule has 1 atom stereocenters. The molecule has 0 spiro atoms. The van der Waals surface area contributed by atoms with Crippen LogP contribution in [-0.4, -0.2) is 48.4 Å². The molecule has 56 heavy (non-hydrogen) atoms. The fourth-order valence-electron chi connectivity index (χ4n) is 8.31. The number of ether oxygens (including phenoxy) is 1. The first-order chi connectivity index (χ1) is 27.2. The Morgan fingerprint density at radius 3 is 2.12 bits per heavy atom. The molecule has 3 aromatic rings. The molecule has 2 aromatic carbocycles. The van der Waals surface area contributed by atoms with Gasteiger partial charge in [-0.3, -0.25) is 0 Å². The van der Waals surface area contributed by atoms with Crippen molar-refractivity contribution in [1.82, 2.24) is 14.8 Å². The van der Waals surface area contributed by atoms with Gasteiger partial charge in [-0.05, 0) is 107 Å². The molecule has 302 valence electrons. The average molecular weight is 757 g/mol. The van der Waals surface area contributed by atoms with E-state index in [-0.39, 0.29) is 5.54 Å². The molecule has 6 rings (SSSR count). The van der Waals surface area contributed by atoms with Crippen molar-refractivity contribution in [2.24, 2.45) is 5.92 Å². The molecule has 0 radical (unpaired) electrons.